The van der Waals surface area contributed by atoms with Crippen molar-refractivity contribution in [2.75, 3.05) is 44.4 Å². The maximum absolute atomic E-state index is 13.0. The zero-order chi connectivity index (χ0) is 29.7. The van der Waals surface area contributed by atoms with Crippen LogP contribution in [0.25, 0.3) is 0 Å². The highest BCUT2D eigenvalue weighted by atomic mass is 127. The molecule has 1 rings (SSSR count). The maximum Gasteiger partial charge on any atom is 0.300 e. The average Bonchev–Trinajstić information content (AvgIpc) is 2.84. The number of nitrogens with one attached hydrogen (secondary N) is 2. The maximum atomic E-state index is 13.0. The third kappa shape index (κ3) is 11.7. The predicted octanol–water partition coefficient (Wildman–Crippen LogP) is -1.54. The van der Waals surface area contributed by atoms with Gasteiger partial charge in [-0.1, -0.05) is 0 Å². The first kappa shape index (κ1) is 37.0. The molecule has 0 fully saturated rings. The molecule has 3 unspecified atom stereocenters. The number of rotatable bonds is 12. The van der Waals surface area contributed by atoms with E-state index >= 15 is 0 Å². The number of aliphatic hydroxyl groups is 6. The van der Waals surface area contributed by atoms with E-state index in [1.54, 1.807) is 22.6 Å². The van der Waals surface area contributed by atoms with Gasteiger partial charge in [-0.3, -0.25) is 19.2 Å². The summed E-state index contributed by atoms with van der Waals surface area (Å²) < 4.78 is 0.762. The average molecular weight is 881 g/mol. The van der Waals surface area contributed by atoms with E-state index in [-0.39, 0.29) is 47.2 Å². The van der Waals surface area contributed by atoms with Crippen LogP contribution in [0.1, 0.15) is 34.6 Å². The molecule has 38 heavy (non-hydrogen) atoms. The topological polar surface area (TPSA) is 237 Å². The minimum Gasteiger partial charge on any atom is -0.481 e. The third-order valence-corrected chi connectivity index (χ3v) is 7.60. The van der Waals surface area contributed by atoms with Crippen molar-refractivity contribution < 1.29 is 54.9 Å². The summed E-state index contributed by atoms with van der Waals surface area (Å²) in [5, 5.41) is 68.8. The lowest BCUT2D eigenvalue weighted by Gasteiger charge is -2.28. The fourth-order valence-corrected chi connectivity index (χ4v) is 7.39. The molecular weight excluding hydrogens is 851 g/mol. The lowest BCUT2D eigenvalue weighted by molar-refractivity contribution is -0.134. The molecule has 0 radical (unpaired) electrons. The molecule has 0 saturated heterocycles. The van der Waals surface area contributed by atoms with Crippen molar-refractivity contribution in [2.24, 2.45) is 0 Å². The Balaban J connectivity index is 0.00000318. The van der Waals surface area contributed by atoms with Crippen molar-refractivity contribution in [1.82, 2.24) is 10.6 Å². The van der Waals surface area contributed by atoms with Crippen LogP contribution in [0, 0.1) is 10.7 Å². The van der Waals surface area contributed by atoms with Gasteiger partial charge in [0.2, 0.25) is 5.91 Å². The smallest absolute Gasteiger partial charge is 0.300 e. The van der Waals surface area contributed by atoms with Crippen LogP contribution in [0.4, 0.5) is 5.69 Å². The van der Waals surface area contributed by atoms with E-state index in [0.717, 1.165) is 11.8 Å². The number of benzene rings is 1. The van der Waals surface area contributed by atoms with Crippen LogP contribution in [0.5, 0.6) is 0 Å². The van der Waals surface area contributed by atoms with Crippen LogP contribution >= 0.6 is 67.8 Å². The van der Waals surface area contributed by atoms with Crippen molar-refractivity contribution in [2.45, 2.75) is 32.2 Å². The first-order valence-corrected chi connectivity index (χ1v) is 14.0. The summed E-state index contributed by atoms with van der Waals surface area (Å²) in [6, 6.07) is 0. The number of aliphatic carboxylic acids is 1. The van der Waals surface area contributed by atoms with Crippen LogP contribution in [0.15, 0.2) is 0 Å². The Kier molecular flexibility index (Phi) is 17.9. The van der Waals surface area contributed by atoms with Crippen molar-refractivity contribution in [3.63, 3.8) is 0 Å². The second kappa shape index (κ2) is 18.4. The number of carboxylic acid groups (broad SMARTS) is 1. The number of halogens is 3. The van der Waals surface area contributed by atoms with Crippen molar-refractivity contribution in [1.29, 1.82) is 0 Å². The number of amides is 3. The standard InChI is InChI=1S/C19H26I3N3O9.C2H4O2/c1-8(29)25(4-11(32)7-28)17-15(21)12(18(33)23-2-9(30)5-26)14(20)13(16(17)22)19(34)24-3-10(31)6-27;1-2(3)4/h9-11,26-28,30-32H,2-7H2,1H3,(H,23,33)(H,24,34);1H3,(H,3,4). The summed E-state index contributed by atoms with van der Waals surface area (Å²) in [5.41, 5.74) is 0.182. The molecule has 0 aliphatic carbocycles. The van der Waals surface area contributed by atoms with Gasteiger partial charge < -0.3 is 51.3 Å². The van der Waals surface area contributed by atoms with Crippen LogP contribution in [0.2, 0.25) is 0 Å². The zero-order valence-corrected chi connectivity index (χ0v) is 26.8. The van der Waals surface area contributed by atoms with Crippen LogP contribution < -0.4 is 15.5 Å². The first-order chi connectivity index (χ1) is 17.6. The first-order valence-electron chi connectivity index (χ1n) is 10.8. The fourth-order valence-electron chi connectivity index (χ4n) is 2.66. The minimum absolute atomic E-state index is 0.0133. The van der Waals surface area contributed by atoms with Crippen molar-refractivity contribution >= 4 is 97.2 Å². The molecule has 0 aliphatic heterocycles. The molecular formula is C21H30I3N3O11. The SMILES string of the molecule is CC(=O)N(CC(O)CO)c1c(I)c(C(=O)NCC(O)CO)c(I)c(C(=O)NCC(O)CO)c1I.CC(=O)O. The molecule has 0 bridgehead atoms. The highest BCUT2D eigenvalue weighted by molar-refractivity contribution is 14.1. The molecule has 0 heterocycles. The number of anilines is 1. The molecule has 0 aromatic heterocycles. The molecule has 9 N–H and O–H groups in total. The van der Waals surface area contributed by atoms with Gasteiger partial charge in [0.05, 0.1) is 68.6 Å². The fraction of sp³-hybridized carbons (Fsp3) is 0.524. The Morgan fingerprint density at radius 3 is 1.37 bits per heavy atom. The van der Waals surface area contributed by atoms with Gasteiger partial charge in [0, 0.05) is 30.5 Å². The van der Waals surface area contributed by atoms with Gasteiger partial charge in [-0.15, -0.1) is 0 Å². The zero-order valence-electron chi connectivity index (χ0n) is 20.3. The van der Waals surface area contributed by atoms with E-state index in [2.05, 4.69) is 10.6 Å². The number of carbonyl (C=O) groups is 4. The van der Waals surface area contributed by atoms with Gasteiger partial charge in [0.15, 0.2) is 0 Å². The van der Waals surface area contributed by atoms with E-state index in [1.807, 2.05) is 45.2 Å². The quantitative estimate of drug-likeness (QED) is 0.109. The number of hydrogen-bond acceptors (Lipinski definition) is 10. The Bertz CT molecular complexity index is 940. The monoisotopic (exact) mass is 881 g/mol. The molecule has 14 nitrogen and oxygen atoms in total. The molecule has 17 heteroatoms. The summed E-state index contributed by atoms with van der Waals surface area (Å²) in [7, 11) is 0. The Morgan fingerprint density at radius 1 is 0.737 bits per heavy atom. The van der Waals surface area contributed by atoms with E-state index in [0.29, 0.717) is 0 Å². The minimum atomic E-state index is -1.29. The van der Waals surface area contributed by atoms with Gasteiger partial charge in [-0.25, -0.2) is 0 Å². The predicted molar refractivity (Wildman–Crippen MR) is 160 cm³/mol. The number of carboxylic acids is 1. The van der Waals surface area contributed by atoms with E-state index in [4.69, 9.17) is 20.1 Å². The molecule has 0 saturated carbocycles. The molecule has 0 aliphatic rings. The van der Waals surface area contributed by atoms with Gasteiger partial charge in [-0.05, 0) is 67.8 Å². The lowest BCUT2D eigenvalue weighted by Crippen LogP contribution is -2.41. The molecule has 0 spiro atoms. The van der Waals surface area contributed by atoms with E-state index in [9.17, 15) is 34.8 Å². The lowest BCUT2D eigenvalue weighted by atomic mass is 10.1. The Morgan fingerprint density at radius 2 is 1.08 bits per heavy atom. The normalized spacial score (nSPS) is 12.9. The molecule has 1 aromatic rings. The Labute approximate surface area is 259 Å². The second-order valence-corrected chi connectivity index (χ2v) is 10.9. The third-order valence-electron chi connectivity index (χ3n) is 4.42. The van der Waals surface area contributed by atoms with E-state index in [1.165, 1.54) is 6.92 Å². The number of carbonyl (C=O) groups excluding carboxylic acids is 3. The number of aliphatic hydroxyl groups excluding tert-OH is 6. The molecule has 3 atom stereocenters. The van der Waals surface area contributed by atoms with Gasteiger partial charge >= 0.3 is 0 Å². The summed E-state index contributed by atoms with van der Waals surface area (Å²) >= 11 is 5.47. The van der Waals surface area contributed by atoms with Crippen LogP contribution in [-0.4, -0.2) is 117 Å². The summed E-state index contributed by atoms with van der Waals surface area (Å²) in [6.45, 7) is -0.329. The number of hydrogen-bond donors (Lipinski definition) is 9. The summed E-state index contributed by atoms with van der Waals surface area (Å²) in [5.74, 6) is -2.72. The highest BCUT2D eigenvalue weighted by Crippen LogP contribution is 2.38. The van der Waals surface area contributed by atoms with Crippen molar-refractivity contribution in [3.05, 3.63) is 21.8 Å². The van der Waals surface area contributed by atoms with E-state index < -0.39 is 61.8 Å². The Hall–Kier alpha value is -0.950. The summed E-state index contributed by atoms with van der Waals surface area (Å²) in [6.07, 6.45) is -3.71. The molecule has 216 valence electrons. The van der Waals surface area contributed by atoms with Crippen LogP contribution in [-0.2, 0) is 9.59 Å². The highest BCUT2D eigenvalue weighted by Gasteiger charge is 2.32. The molecule has 1 aromatic carbocycles. The van der Waals surface area contributed by atoms with Gasteiger partial charge in [0.25, 0.3) is 17.8 Å². The largest absolute Gasteiger partial charge is 0.481 e. The van der Waals surface area contributed by atoms with Gasteiger partial charge in [-0.2, -0.15) is 0 Å². The van der Waals surface area contributed by atoms with Gasteiger partial charge in [0.1, 0.15) is 0 Å². The van der Waals surface area contributed by atoms with Crippen LogP contribution in [0.3, 0.4) is 0 Å². The number of nitrogens with zero attached hydrogens (tertiary/aromatic N) is 1. The summed E-state index contributed by atoms with van der Waals surface area (Å²) in [4.78, 5) is 48.6. The van der Waals surface area contributed by atoms with Crippen molar-refractivity contribution in [3.8, 4) is 0 Å². The second-order valence-electron chi connectivity index (χ2n) is 7.62. The molecule has 3 amide bonds.